The van der Waals surface area contributed by atoms with Crippen molar-refractivity contribution in [2.75, 3.05) is 0 Å². The molecule has 2 N–H and O–H groups in total. The second-order valence-corrected chi connectivity index (χ2v) is 11.5. The van der Waals surface area contributed by atoms with E-state index in [4.69, 9.17) is 0 Å². The molecule has 0 saturated heterocycles. The Morgan fingerprint density at radius 1 is 0.950 bits per heavy atom. The highest BCUT2D eigenvalue weighted by molar-refractivity contribution is 7.92. The molecular formula is C25H20F7N3O4S. The van der Waals surface area contributed by atoms with Crippen molar-refractivity contribution in [2.24, 2.45) is 0 Å². The summed E-state index contributed by atoms with van der Waals surface area (Å²) >= 11 is 0. The zero-order chi connectivity index (χ0) is 29.6. The molecule has 1 aliphatic rings. The Morgan fingerprint density at radius 3 is 2.02 bits per heavy atom. The van der Waals surface area contributed by atoms with Crippen molar-refractivity contribution < 1.29 is 49.1 Å². The van der Waals surface area contributed by atoms with E-state index in [1.165, 1.54) is 18.6 Å². The summed E-state index contributed by atoms with van der Waals surface area (Å²) in [4.78, 5) is 19.9. The SMILES string of the molecule is O=C(Cc1cnccn1)N[C@H]1C[C@@](c2ccc(C(O)(C(F)(F)F)C(F)(F)F)cc2)(S(=O)(=O)c2ccc(F)cc2)C1. The maximum Gasteiger partial charge on any atom is 0.430 e. The highest BCUT2D eigenvalue weighted by Crippen LogP contribution is 2.53. The second-order valence-electron chi connectivity index (χ2n) is 9.28. The van der Waals surface area contributed by atoms with Gasteiger partial charge in [-0.05, 0) is 42.7 Å². The smallest absolute Gasteiger partial charge is 0.369 e. The van der Waals surface area contributed by atoms with Crippen molar-refractivity contribution in [3.05, 3.63) is 89.8 Å². The van der Waals surface area contributed by atoms with Crippen molar-refractivity contribution in [1.82, 2.24) is 15.3 Å². The number of halogens is 7. The third-order valence-electron chi connectivity index (χ3n) is 6.76. The first-order valence-corrected chi connectivity index (χ1v) is 13.0. The topological polar surface area (TPSA) is 109 Å². The van der Waals surface area contributed by atoms with E-state index in [9.17, 15) is 49.1 Å². The number of alkyl halides is 6. The first-order chi connectivity index (χ1) is 18.5. The normalized spacial score (nSPS) is 20.1. The Labute approximate surface area is 223 Å². The van der Waals surface area contributed by atoms with Crippen LogP contribution in [0.4, 0.5) is 30.7 Å². The van der Waals surface area contributed by atoms with Gasteiger partial charge in [-0.1, -0.05) is 24.3 Å². The number of rotatable bonds is 7. The van der Waals surface area contributed by atoms with Crippen molar-refractivity contribution in [3.63, 3.8) is 0 Å². The molecule has 2 aromatic carbocycles. The average Bonchev–Trinajstić information content (AvgIpc) is 2.85. The molecule has 1 aliphatic carbocycles. The summed E-state index contributed by atoms with van der Waals surface area (Å²) in [7, 11) is -4.41. The molecule has 0 atom stereocenters. The van der Waals surface area contributed by atoms with Crippen molar-refractivity contribution >= 4 is 15.7 Å². The number of nitrogens with one attached hydrogen (secondary N) is 1. The minimum Gasteiger partial charge on any atom is -0.369 e. The molecule has 0 spiro atoms. The molecule has 0 aliphatic heterocycles. The molecule has 1 heterocycles. The van der Waals surface area contributed by atoms with E-state index in [0.29, 0.717) is 17.8 Å². The summed E-state index contributed by atoms with van der Waals surface area (Å²) in [5.41, 5.74) is -6.59. The lowest BCUT2D eigenvalue weighted by molar-refractivity contribution is -0.376. The zero-order valence-electron chi connectivity index (χ0n) is 20.2. The molecule has 0 unspecified atom stereocenters. The number of carbonyl (C=O) groups excluding carboxylic acids is 1. The summed E-state index contributed by atoms with van der Waals surface area (Å²) in [5, 5.41) is 12.3. The number of benzene rings is 2. The van der Waals surface area contributed by atoms with E-state index in [-0.39, 0.29) is 29.7 Å². The molecule has 1 fully saturated rings. The van der Waals surface area contributed by atoms with Crippen LogP contribution < -0.4 is 5.32 Å². The second kappa shape index (κ2) is 10.1. The standard InChI is InChI=1S/C25H20F7N3O4S/c26-17-5-7-20(8-6-17)40(38,39)22(12-19(13-22)35-21(36)11-18-14-33-9-10-34-18)15-1-3-16(4-2-15)23(37,24(27,28)29)25(30,31)32/h1-10,14,19,37H,11-13H2,(H,35,36)/t19-,22+. The maximum absolute atomic E-state index is 13.7. The van der Waals surface area contributed by atoms with Crippen LogP contribution >= 0.6 is 0 Å². The number of hydrogen-bond donors (Lipinski definition) is 2. The van der Waals surface area contributed by atoms with Gasteiger partial charge in [-0.3, -0.25) is 14.8 Å². The lowest BCUT2D eigenvalue weighted by atomic mass is 9.74. The summed E-state index contributed by atoms with van der Waals surface area (Å²) in [6, 6.07) is 5.23. The van der Waals surface area contributed by atoms with Crippen molar-refractivity contribution in [2.45, 2.75) is 52.9 Å². The van der Waals surface area contributed by atoms with E-state index in [1.807, 2.05) is 0 Å². The molecule has 1 saturated carbocycles. The molecule has 1 amide bonds. The highest BCUT2D eigenvalue weighted by Gasteiger charge is 2.71. The number of aromatic nitrogens is 2. The van der Waals surface area contributed by atoms with Crippen LogP contribution in [-0.4, -0.2) is 47.8 Å². The summed E-state index contributed by atoms with van der Waals surface area (Å²) in [6.07, 6.45) is -8.88. The van der Waals surface area contributed by atoms with E-state index < -0.39 is 55.9 Å². The summed E-state index contributed by atoms with van der Waals surface area (Å²) < 4.78 is 119. The molecule has 15 heteroatoms. The van der Waals surface area contributed by atoms with Crippen LogP contribution in [0.15, 0.2) is 72.0 Å². The minimum atomic E-state index is -6.13. The lowest BCUT2D eigenvalue weighted by Gasteiger charge is -2.47. The van der Waals surface area contributed by atoms with Gasteiger partial charge in [-0.15, -0.1) is 0 Å². The first-order valence-electron chi connectivity index (χ1n) is 11.5. The van der Waals surface area contributed by atoms with Gasteiger partial charge in [0.2, 0.25) is 5.91 Å². The quantitative estimate of drug-likeness (QED) is 0.316. The van der Waals surface area contributed by atoms with E-state index >= 15 is 0 Å². The average molecular weight is 592 g/mol. The van der Waals surface area contributed by atoms with Gasteiger partial charge in [0.25, 0.3) is 5.60 Å². The predicted molar refractivity (Wildman–Crippen MR) is 125 cm³/mol. The van der Waals surface area contributed by atoms with Crippen LogP contribution in [0.2, 0.25) is 0 Å². The molecule has 214 valence electrons. The summed E-state index contributed by atoms with van der Waals surface area (Å²) in [6.45, 7) is 0. The molecule has 0 radical (unpaired) electrons. The van der Waals surface area contributed by atoms with Crippen LogP contribution in [0, 0.1) is 5.82 Å². The molecule has 0 bridgehead atoms. The van der Waals surface area contributed by atoms with E-state index in [1.54, 1.807) is 0 Å². The van der Waals surface area contributed by atoms with Gasteiger partial charge in [0.15, 0.2) is 9.84 Å². The van der Waals surface area contributed by atoms with Crippen LogP contribution in [-0.2, 0) is 31.4 Å². The number of sulfone groups is 1. The number of carbonyl (C=O) groups is 1. The number of hydrogen-bond acceptors (Lipinski definition) is 6. The molecule has 3 aromatic rings. The van der Waals surface area contributed by atoms with Crippen LogP contribution in [0.5, 0.6) is 0 Å². The van der Waals surface area contributed by atoms with Crippen LogP contribution in [0.3, 0.4) is 0 Å². The monoisotopic (exact) mass is 591 g/mol. The molecule has 1 aromatic heterocycles. The maximum atomic E-state index is 13.7. The van der Waals surface area contributed by atoms with Gasteiger partial charge in [0, 0.05) is 30.2 Å². The van der Waals surface area contributed by atoms with Gasteiger partial charge < -0.3 is 10.4 Å². The zero-order valence-corrected chi connectivity index (χ0v) is 21.0. The van der Waals surface area contributed by atoms with E-state index in [0.717, 1.165) is 36.4 Å². The predicted octanol–water partition coefficient (Wildman–Crippen LogP) is 4.12. The Balaban J connectivity index is 1.68. The van der Waals surface area contributed by atoms with Crippen LogP contribution in [0.1, 0.15) is 29.7 Å². The van der Waals surface area contributed by atoms with Gasteiger partial charge >= 0.3 is 12.4 Å². The molecular weight excluding hydrogens is 571 g/mol. The number of aliphatic hydroxyl groups is 1. The Hall–Kier alpha value is -3.59. The van der Waals surface area contributed by atoms with Crippen molar-refractivity contribution in [3.8, 4) is 0 Å². The Bertz CT molecular complexity index is 1460. The van der Waals surface area contributed by atoms with Gasteiger partial charge in [0.1, 0.15) is 10.6 Å². The number of nitrogens with zero attached hydrogens (tertiary/aromatic N) is 2. The fourth-order valence-corrected chi connectivity index (χ4v) is 6.89. The molecule has 7 nitrogen and oxygen atoms in total. The lowest BCUT2D eigenvalue weighted by Crippen LogP contribution is -2.57. The highest BCUT2D eigenvalue weighted by atomic mass is 32.2. The van der Waals surface area contributed by atoms with Gasteiger partial charge in [0.05, 0.1) is 17.0 Å². The van der Waals surface area contributed by atoms with Crippen LogP contribution in [0.25, 0.3) is 0 Å². The fraction of sp³-hybridized carbons (Fsp3) is 0.320. The van der Waals surface area contributed by atoms with Gasteiger partial charge in [-0.25, -0.2) is 12.8 Å². The Morgan fingerprint density at radius 2 is 1.52 bits per heavy atom. The third-order valence-corrected chi connectivity index (χ3v) is 9.25. The third kappa shape index (κ3) is 5.03. The van der Waals surface area contributed by atoms with E-state index in [2.05, 4.69) is 15.3 Å². The first kappa shape index (κ1) is 29.4. The Kier molecular flexibility index (Phi) is 7.43. The molecule has 40 heavy (non-hydrogen) atoms. The van der Waals surface area contributed by atoms with Gasteiger partial charge in [-0.2, -0.15) is 26.3 Å². The largest absolute Gasteiger partial charge is 0.430 e. The fourth-order valence-electron chi connectivity index (χ4n) is 4.66. The number of amides is 1. The minimum absolute atomic E-state index is 0.174. The molecule has 4 rings (SSSR count). The van der Waals surface area contributed by atoms with Crippen molar-refractivity contribution in [1.29, 1.82) is 0 Å². The summed E-state index contributed by atoms with van der Waals surface area (Å²) in [5.74, 6) is -1.26.